The van der Waals surface area contributed by atoms with E-state index in [9.17, 15) is 18.0 Å². The van der Waals surface area contributed by atoms with E-state index in [0.29, 0.717) is 21.9 Å². The summed E-state index contributed by atoms with van der Waals surface area (Å²) in [6.07, 6.45) is -1.20. The molecule has 0 unspecified atom stereocenters. The van der Waals surface area contributed by atoms with Gasteiger partial charge < -0.3 is 9.72 Å². The Morgan fingerprint density at radius 2 is 1.85 bits per heavy atom. The average molecular weight is 396 g/mol. The average Bonchev–Trinajstić information content (AvgIpc) is 2.95. The quantitative estimate of drug-likeness (QED) is 0.608. The van der Waals surface area contributed by atoms with Gasteiger partial charge in [-0.25, -0.2) is 4.98 Å². The summed E-state index contributed by atoms with van der Waals surface area (Å²) in [5, 5.41) is 2.90. The highest BCUT2D eigenvalue weighted by Crippen LogP contribution is 2.37. The number of fused-ring (bicyclic) bond motifs is 1. The Balaban J connectivity index is 2.08. The first-order valence-electron chi connectivity index (χ1n) is 8.12. The van der Waals surface area contributed by atoms with Gasteiger partial charge in [0.2, 0.25) is 5.91 Å². The molecule has 0 saturated heterocycles. The van der Waals surface area contributed by atoms with Crippen LogP contribution < -0.4 is 5.32 Å². The third-order valence-electron chi connectivity index (χ3n) is 3.97. The van der Waals surface area contributed by atoms with Crippen LogP contribution in [0.1, 0.15) is 26.3 Å². The maximum Gasteiger partial charge on any atom is 0.418 e. The highest BCUT2D eigenvalue weighted by atomic mass is 35.5. The van der Waals surface area contributed by atoms with E-state index >= 15 is 0 Å². The van der Waals surface area contributed by atoms with Gasteiger partial charge in [-0.05, 0) is 18.2 Å². The van der Waals surface area contributed by atoms with Gasteiger partial charge in [0.1, 0.15) is 5.65 Å². The fourth-order valence-electron chi connectivity index (χ4n) is 2.46. The van der Waals surface area contributed by atoms with Gasteiger partial charge in [0, 0.05) is 34.5 Å². The molecule has 0 saturated carbocycles. The number of anilines is 1. The number of hydrogen-bond donors (Lipinski definition) is 1. The number of alkyl halides is 3. The van der Waals surface area contributed by atoms with Gasteiger partial charge in [-0.2, -0.15) is 13.2 Å². The number of benzene rings is 1. The van der Waals surface area contributed by atoms with Crippen molar-refractivity contribution >= 4 is 28.8 Å². The van der Waals surface area contributed by atoms with Gasteiger partial charge in [0.15, 0.2) is 0 Å². The zero-order chi connectivity index (χ0) is 20.0. The maximum absolute atomic E-state index is 13.4. The number of aromatic nitrogens is 2. The van der Waals surface area contributed by atoms with Crippen LogP contribution in [0.25, 0.3) is 16.9 Å². The largest absolute Gasteiger partial charge is 0.418 e. The third kappa shape index (κ3) is 4.08. The smallest absolute Gasteiger partial charge is 0.325 e. The number of imidazole rings is 1. The first-order chi connectivity index (χ1) is 12.4. The second-order valence-electron chi connectivity index (χ2n) is 7.20. The molecule has 0 aliphatic heterocycles. The predicted octanol–water partition coefficient (Wildman–Crippen LogP) is 5.66. The Morgan fingerprint density at radius 3 is 2.48 bits per heavy atom. The van der Waals surface area contributed by atoms with Crippen LogP contribution in [0.3, 0.4) is 0 Å². The molecule has 0 aliphatic carbocycles. The lowest BCUT2D eigenvalue weighted by Crippen LogP contribution is -2.28. The topological polar surface area (TPSA) is 46.4 Å². The van der Waals surface area contributed by atoms with Crippen molar-refractivity contribution < 1.29 is 18.0 Å². The zero-order valence-corrected chi connectivity index (χ0v) is 15.6. The zero-order valence-electron chi connectivity index (χ0n) is 14.9. The number of halogens is 4. The highest BCUT2D eigenvalue weighted by Gasteiger charge is 2.35. The molecule has 3 aromatic rings. The van der Waals surface area contributed by atoms with E-state index in [1.54, 1.807) is 49.7 Å². The summed E-state index contributed by atoms with van der Waals surface area (Å²) >= 11 is 5.94. The van der Waals surface area contributed by atoms with Crippen molar-refractivity contribution in [2.24, 2.45) is 5.41 Å². The Labute approximate surface area is 159 Å². The summed E-state index contributed by atoms with van der Waals surface area (Å²) in [5.74, 6) is -0.507. The lowest BCUT2D eigenvalue weighted by atomic mass is 9.95. The summed E-state index contributed by atoms with van der Waals surface area (Å²) in [5.41, 5.74) is -0.550. The molecule has 0 atom stereocenters. The monoisotopic (exact) mass is 395 g/mol. The highest BCUT2D eigenvalue weighted by molar-refractivity contribution is 6.30. The predicted molar refractivity (Wildman–Crippen MR) is 98.7 cm³/mol. The molecule has 27 heavy (non-hydrogen) atoms. The first kappa shape index (κ1) is 19.2. The van der Waals surface area contributed by atoms with E-state index in [1.807, 2.05) is 0 Å². The number of carbonyl (C=O) groups excluding carboxylic acids is 1. The van der Waals surface area contributed by atoms with E-state index in [-0.39, 0.29) is 5.69 Å². The lowest BCUT2D eigenvalue weighted by molar-refractivity contribution is -0.137. The number of amides is 1. The van der Waals surface area contributed by atoms with Gasteiger partial charge in [0.05, 0.1) is 16.9 Å². The van der Waals surface area contributed by atoms with E-state index in [2.05, 4.69) is 10.3 Å². The van der Waals surface area contributed by atoms with Crippen molar-refractivity contribution in [2.45, 2.75) is 26.9 Å². The second-order valence-corrected chi connectivity index (χ2v) is 7.64. The molecule has 1 amide bonds. The van der Waals surface area contributed by atoms with Crippen molar-refractivity contribution in [1.29, 1.82) is 0 Å². The van der Waals surface area contributed by atoms with E-state index < -0.39 is 23.1 Å². The Morgan fingerprint density at radius 1 is 1.15 bits per heavy atom. The number of nitrogens with one attached hydrogen (secondary N) is 1. The summed E-state index contributed by atoms with van der Waals surface area (Å²) in [7, 11) is 0. The van der Waals surface area contributed by atoms with E-state index in [0.717, 1.165) is 6.07 Å². The minimum Gasteiger partial charge on any atom is -0.325 e. The van der Waals surface area contributed by atoms with Gasteiger partial charge in [-0.1, -0.05) is 38.4 Å². The van der Waals surface area contributed by atoms with Crippen LogP contribution in [0.2, 0.25) is 5.02 Å². The lowest BCUT2D eigenvalue weighted by Gasteiger charge is -2.20. The van der Waals surface area contributed by atoms with Crippen LogP contribution in [-0.2, 0) is 11.0 Å². The fraction of sp³-hybridized carbons (Fsp3) is 0.263. The fourth-order valence-corrected chi connectivity index (χ4v) is 2.61. The van der Waals surface area contributed by atoms with Crippen LogP contribution in [0.4, 0.5) is 18.9 Å². The van der Waals surface area contributed by atoms with Crippen molar-refractivity contribution in [3.63, 3.8) is 0 Å². The molecule has 2 heterocycles. The Bertz CT molecular complexity index is 1020. The van der Waals surface area contributed by atoms with Crippen LogP contribution in [-0.4, -0.2) is 15.3 Å². The van der Waals surface area contributed by atoms with Gasteiger partial charge in [-0.15, -0.1) is 0 Å². The van der Waals surface area contributed by atoms with Crippen LogP contribution in [0.15, 0.2) is 42.7 Å². The molecule has 3 rings (SSSR count). The molecule has 8 heteroatoms. The number of carbonyl (C=O) groups is 1. The van der Waals surface area contributed by atoms with Gasteiger partial charge in [-0.3, -0.25) is 4.79 Å². The molecule has 0 spiro atoms. The molecule has 4 nitrogen and oxygen atoms in total. The van der Waals surface area contributed by atoms with Crippen LogP contribution in [0, 0.1) is 5.41 Å². The van der Waals surface area contributed by atoms with E-state index in [1.165, 1.54) is 12.1 Å². The molecular formula is C19H17ClF3N3O. The second kappa shape index (κ2) is 6.56. The minimum absolute atomic E-state index is 0.296. The number of nitrogens with zero attached hydrogens (tertiary/aromatic N) is 2. The summed E-state index contributed by atoms with van der Waals surface area (Å²) in [6, 6.07) is 6.90. The molecule has 1 N–H and O–H groups in total. The van der Waals surface area contributed by atoms with Crippen LogP contribution >= 0.6 is 11.6 Å². The maximum atomic E-state index is 13.4. The van der Waals surface area contributed by atoms with Crippen molar-refractivity contribution in [2.75, 3.05) is 5.32 Å². The summed E-state index contributed by atoms with van der Waals surface area (Å²) in [4.78, 5) is 16.6. The Hall–Kier alpha value is -2.54. The summed E-state index contributed by atoms with van der Waals surface area (Å²) < 4.78 is 41.8. The van der Waals surface area contributed by atoms with Crippen molar-refractivity contribution in [1.82, 2.24) is 9.38 Å². The standard InChI is InChI=1S/C19H17ClF3N3O/c1-18(2,3)17(27)25-14-8-11(4-5-13(14)19(21,22)23)15-10-26-7-6-12(20)9-16(26)24-15/h4-10H,1-3H3,(H,25,27). The van der Waals surface area contributed by atoms with Crippen LogP contribution in [0.5, 0.6) is 0 Å². The number of pyridine rings is 1. The minimum atomic E-state index is -4.59. The molecular weight excluding hydrogens is 379 g/mol. The molecule has 1 aromatic carbocycles. The molecule has 142 valence electrons. The molecule has 0 fully saturated rings. The number of rotatable bonds is 2. The van der Waals surface area contributed by atoms with E-state index in [4.69, 9.17) is 11.6 Å². The van der Waals surface area contributed by atoms with Crippen molar-refractivity contribution in [3.05, 3.63) is 53.3 Å². The molecule has 0 aliphatic rings. The van der Waals surface area contributed by atoms with Gasteiger partial charge >= 0.3 is 6.18 Å². The molecule has 0 radical (unpaired) electrons. The first-order valence-corrected chi connectivity index (χ1v) is 8.50. The molecule has 2 aromatic heterocycles. The summed E-state index contributed by atoms with van der Waals surface area (Å²) in [6.45, 7) is 4.89. The normalized spacial score (nSPS) is 12.4. The number of hydrogen-bond acceptors (Lipinski definition) is 2. The SMILES string of the molecule is CC(C)(C)C(=O)Nc1cc(-c2cn3ccc(Cl)cc3n2)ccc1C(F)(F)F. The Kier molecular flexibility index (Phi) is 4.67. The van der Waals surface area contributed by atoms with Gasteiger partial charge in [0.25, 0.3) is 0 Å². The molecule has 0 bridgehead atoms. The van der Waals surface area contributed by atoms with Crippen molar-refractivity contribution in [3.8, 4) is 11.3 Å². The third-order valence-corrected chi connectivity index (χ3v) is 4.21.